The minimum absolute atomic E-state index is 0.101. The average molecular weight is 286 g/mol. The molecule has 110 valence electrons. The predicted molar refractivity (Wildman–Crippen MR) is 77.5 cm³/mol. The van der Waals surface area contributed by atoms with Gasteiger partial charge in [-0.05, 0) is 37.6 Å². The lowest BCUT2D eigenvalue weighted by Gasteiger charge is -2.31. The molecule has 0 radical (unpaired) electrons. The van der Waals surface area contributed by atoms with Crippen LogP contribution in [0.4, 0.5) is 0 Å². The van der Waals surface area contributed by atoms with Crippen molar-refractivity contribution in [3.8, 4) is 17.1 Å². The molecule has 1 aliphatic rings. The van der Waals surface area contributed by atoms with Crippen molar-refractivity contribution in [2.24, 2.45) is 0 Å². The molecule has 0 fully saturated rings. The average Bonchev–Trinajstić information content (AvgIpc) is 2.89. The van der Waals surface area contributed by atoms with E-state index in [9.17, 15) is 9.90 Å². The number of phenolic OH excluding ortho intramolecular Hbond substituents is 1. The fourth-order valence-corrected chi connectivity index (χ4v) is 2.73. The van der Waals surface area contributed by atoms with Gasteiger partial charge in [0, 0.05) is 12.1 Å². The van der Waals surface area contributed by atoms with E-state index in [1.807, 2.05) is 16.4 Å². The van der Waals surface area contributed by atoms with E-state index in [1.54, 1.807) is 24.3 Å². The molecule has 1 aliphatic heterocycles. The summed E-state index contributed by atoms with van der Waals surface area (Å²) in [5.74, 6) is 1.78. The van der Waals surface area contributed by atoms with E-state index in [4.69, 9.17) is 0 Å². The normalized spacial score (nSPS) is 17.9. The summed E-state index contributed by atoms with van der Waals surface area (Å²) in [5, 5.41) is 17.8. The maximum atomic E-state index is 12.4. The van der Waals surface area contributed by atoms with E-state index in [2.05, 4.69) is 17.1 Å². The van der Waals surface area contributed by atoms with Crippen LogP contribution < -0.4 is 0 Å². The number of aromatic nitrogens is 3. The Morgan fingerprint density at radius 1 is 1.29 bits per heavy atom. The number of amides is 1. The molecule has 1 aromatic heterocycles. The molecule has 0 saturated heterocycles. The van der Waals surface area contributed by atoms with Gasteiger partial charge in [0.1, 0.15) is 11.8 Å². The lowest BCUT2D eigenvalue weighted by Crippen LogP contribution is -2.42. The third kappa shape index (κ3) is 2.26. The minimum Gasteiger partial charge on any atom is -0.508 e. The molecular weight excluding hydrogens is 268 g/mol. The van der Waals surface area contributed by atoms with Crippen molar-refractivity contribution in [2.45, 2.75) is 32.9 Å². The molecule has 0 saturated carbocycles. The van der Waals surface area contributed by atoms with E-state index >= 15 is 0 Å². The number of aromatic hydroxyl groups is 1. The van der Waals surface area contributed by atoms with Crippen molar-refractivity contribution >= 4 is 5.91 Å². The van der Waals surface area contributed by atoms with Crippen LogP contribution in [0.15, 0.2) is 24.3 Å². The molecular formula is C15H18N4O2. The molecule has 21 heavy (non-hydrogen) atoms. The van der Waals surface area contributed by atoms with E-state index in [-0.39, 0.29) is 17.7 Å². The highest BCUT2D eigenvalue weighted by Crippen LogP contribution is 2.29. The Kier molecular flexibility index (Phi) is 3.37. The Bertz CT molecular complexity index is 663. The Hall–Kier alpha value is -2.37. The molecule has 6 nitrogen and oxygen atoms in total. The predicted octanol–water partition coefficient (Wildman–Crippen LogP) is 1.96. The van der Waals surface area contributed by atoms with E-state index in [0.29, 0.717) is 12.4 Å². The van der Waals surface area contributed by atoms with Crippen LogP contribution in [0, 0.1) is 0 Å². The highest BCUT2D eigenvalue weighted by molar-refractivity contribution is 5.82. The topological polar surface area (TPSA) is 71.2 Å². The molecule has 0 aliphatic carbocycles. The summed E-state index contributed by atoms with van der Waals surface area (Å²) in [6.07, 6.45) is 0.928. The second-order valence-electron chi connectivity index (χ2n) is 5.29. The molecule has 1 aromatic carbocycles. The van der Waals surface area contributed by atoms with Gasteiger partial charge in [-0.2, -0.15) is 0 Å². The molecule has 0 unspecified atom stereocenters. The first kappa shape index (κ1) is 13.6. The van der Waals surface area contributed by atoms with Gasteiger partial charge in [-0.25, -0.2) is 0 Å². The van der Waals surface area contributed by atoms with Crippen molar-refractivity contribution in [1.82, 2.24) is 19.7 Å². The van der Waals surface area contributed by atoms with Gasteiger partial charge >= 0.3 is 0 Å². The van der Waals surface area contributed by atoms with E-state index < -0.39 is 0 Å². The number of benzene rings is 1. The smallest absolute Gasteiger partial charge is 0.245 e. The number of fused-ring (bicyclic) bond motifs is 1. The monoisotopic (exact) mass is 286 g/mol. The first-order valence-corrected chi connectivity index (χ1v) is 7.13. The number of rotatable bonds is 3. The lowest BCUT2D eigenvalue weighted by atomic mass is 10.1. The first-order chi connectivity index (χ1) is 10.1. The molecule has 0 bridgehead atoms. The summed E-state index contributed by atoms with van der Waals surface area (Å²) in [6.45, 7) is 5.17. The summed E-state index contributed by atoms with van der Waals surface area (Å²) in [6, 6.07) is 6.47. The molecule has 1 N–H and O–H groups in total. The van der Waals surface area contributed by atoms with Crippen LogP contribution in [0.3, 0.4) is 0 Å². The van der Waals surface area contributed by atoms with E-state index in [1.165, 1.54) is 0 Å². The molecule has 6 heteroatoms. The first-order valence-electron chi connectivity index (χ1n) is 7.13. The van der Waals surface area contributed by atoms with Crippen LogP contribution >= 0.6 is 0 Å². The van der Waals surface area contributed by atoms with Crippen molar-refractivity contribution in [2.75, 3.05) is 6.54 Å². The van der Waals surface area contributed by atoms with Crippen LogP contribution in [-0.4, -0.2) is 37.2 Å². The molecule has 3 rings (SSSR count). The summed E-state index contributed by atoms with van der Waals surface area (Å²) < 4.78 is 1.89. The standard InChI is InChI=1S/C15H18N4O2/c1-3-8-18-9-13-16-17-14(19(13)10(2)15(18)21)11-4-6-12(20)7-5-11/h4-7,10,20H,3,8-9H2,1-2H3/t10-/m1/s1. The summed E-state index contributed by atoms with van der Waals surface area (Å²) in [4.78, 5) is 14.3. The lowest BCUT2D eigenvalue weighted by molar-refractivity contribution is -0.136. The van der Waals surface area contributed by atoms with E-state index in [0.717, 1.165) is 24.4 Å². The number of carbonyl (C=O) groups excluding carboxylic acids is 1. The zero-order valence-electron chi connectivity index (χ0n) is 12.2. The second-order valence-corrected chi connectivity index (χ2v) is 5.29. The Balaban J connectivity index is 2.01. The van der Waals surface area contributed by atoms with Crippen LogP contribution in [0.25, 0.3) is 11.4 Å². The Morgan fingerprint density at radius 3 is 2.67 bits per heavy atom. The van der Waals surface area contributed by atoms with Gasteiger partial charge < -0.3 is 10.0 Å². The summed E-state index contributed by atoms with van der Waals surface area (Å²) in [5.41, 5.74) is 0.843. The Labute approximate surface area is 123 Å². The van der Waals surface area contributed by atoms with Crippen molar-refractivity contribution in [1.29, 1.82) is 0 Å². The SMILES string of the molecule is CCCN1Cc2nnc(-c3ccc(O)cc3)n2[C@H](C)C1=O. The zero-order valence-corrected chi connectivity index (χ0v) is 12.2. The van der Waals surface area contributed by atoms with Gasteiger partial charge in [0.05, 0.1) is 6.54 Å². The van der Waals surface area contributed by atoms with Crippen LogP contribution in [-0.2, 0) is 11.3 Å². The number of phenols is 1. The van der Waals surface area contributed by atoms with Crippen molar-refractivity contribution in [3.63, 3.8) is 0 Å². The number of hydrogen-bond donors (Lipinski definition) is 1. The minimum atomic E-state index is -0.306. The van der Waals surface area contributed by atoms with Crippen LogP contribution in [0.1, 0.15) is 32.1 Å². The maximum absolute atomic E-state index is 12.4. The molecule has 2 aromatic rings. The molecule has 1 amide bonds. The van der Waals surface area contributed by atoms with Gasteiger partial charge in [0.25, 0.3) is 0 Å². The van der Waals surface area contributed by atoms with Gasteiger partial charge in [-0.15, -0.1) is 10.2 Å². The Morgan fingerprint density at radius 2 is 2.00 bits per heavy atom. The fourth-order valence-electron chi connectivity index (χ4n) is 2.73. The number of hydrogen-bond acceptors (Lipinski definition) is 4. The number of nitrogens with zero attached hydrogens (tertiary/aromatic N) is 4. The number of carbonyl (C=O) groups is 1. The molecule has 2 heterocycles. The van der Waals surface area contributed by atoms with Gasteiger partial charge in [-0.3, -0.25) is 9.36 Å². The molecule has 1 atom stereocenters. The zero-order chi connectivity index (χ0) is 15.0. The third-order valence-corrected chi connectivity index (χ3v) is 3.77. The van der Waals surface area contributed by atoms with Crippen molar-refractivity contribution in [3.05, 3.63) is 30.1 Å². The highest BCUT2D eigenvalue weighted by Gasteiger charge is 2.32. The van der Waals surface area contributed by atoms with Crippen LogP contribution in [0.5, 0.6) is 5.75 Å². The third-order valence-electron chi connectivity index (χ3n) is 3.77. The second kappa shape index (κ2) is 5.20. The molecule has 0 spiro atoms. The van der Waals surface area contributed by atoms with Crippen molar-refractivity contribution < 1.29 is 9.90 Å². The highest BCUT2D eigenvalue weighted by atomic mass is 16.3. The summed E-state index contributed by atoms with van der Waals surface area (Å²) >= 11 is 0. The van der Waals surface area contributed by atoms with Gasteiger partial charge in [0.2, 0.25) is 5.91 Å². The van der Waals surface area contributed by atoms with Gasteiger partial charge in [0.15, 0.2) is 11.6 Å². The fraction of sp³-hybridized carbons (Fsp3) is 0.400. The summed E-state index contributed by atoms with van der Waals surface area (Å²) in [7, 11) is 0. The largest absolute Gasteiger partial charge is 0.508 e. The van der Waals surface area contributed by atoms with Crippen LogP contribution in [0.2, 0.25) is 0 Å². The van der Waals surface area contributed by atoms with Gasteiger partial charge in [-0.1, -0.05) is 6.92 Å². The maximum Gasteiger partial charge on any atom is 0.245 e. The quantitative estimate of drug-likeness (QED) is 0.936.